The Bertz CT molecular complexity index is 459. The topological polar surface area (TPSA) is 0 Å². The molecule has 0 nitrogen and oxygen atoms in total. The van der Waals surface area contributed by atoms with Gasteiger partial charge < -0.3 is 0 Å². The SMILES string of the molecule is C1=C[Se]C(=C2C3=C4SCCSC4=C2[Se][Se]3)[Se]1. The van der Waals surface area contributed by atoms with Crippen molar-refractivity contribution >= 4 is 79.7 Å². The standard InChI is InChI=1S/C10H6S2Se4/c1-2-12-7-6(11-1)8-5(9(7)16-15-8)10-13-3-4-14-10/h3-4H,1-2H2. The summed E-state index contributed by atoms with van der Waals surface area (Å²) in [5.41, 5.74) is 1.80. The van der Waals surface area contributed by atoms with Gasteiger partial charge in [-0.15, -0.1) is 0 Å². The van der Waals surface area contributed by atoms with Crippen LogP contribution in [0.1, 0.15) is 0 Å². The van der Waals surface area contributed by atoms with Crippen LogP contribution in [0.2, 0.25) is 0 Å². The summed E-state index contributed by atoms with van der Waals surface area (Å²) in [7, 11) is 0. The second-order valence-electron chi connectivity index (χ2n) is 3.35. The summed E-state index contributed by atoms with van der Waals surface area (Å²) in [5.74, 6) is 2.67. The first kappa shape index (κ1) is 11.6. The number of hydrogen-bond donors (Lipinski definition) is 0. The second-order valence-corrected chi connectivity index (χ2v) is 16.8. The first-order valence-corrected chi connectivity index (χ1v) is 16.5. The molecule has 0 saturated carbocycles. The van der Waals surface area contributed by atoms with Crippen LogP contribution in [0.4, 0.5) is 0 Å². The molecule has 0 radical (unpaired) electrons. The Morgan fingerprint density at radius 3 is 2.00 bits per heavy atom. The molecule has 6 heteroatoms. The van der Waals surface area contributed by atoms with Crippen molar-refractivity contribution in [1.82, 2.24) is 0 Å². The number of rotatable bonds is 0. The molecule has 0 aromatic carbocycles. The summed E-state index contributed by atoms with van der Waals surface area (Å²) in [6.07, 6.45) is 0. The predicted molar refractivity (Wildman–Crippen MR) is 78.2 cm³/mol. The van der Waals surface area contributed by atoms with Gasteiger partial charge in [0.15, 0.2) is 0 Å². The van der Waals surface area contributed by atoms with Crippen molar-refractivity contribution in [3.63, 3.8) is 0 Å². The van der Waals surface area contributed by atoms with Crippen LogP contribution in [0.15, 0.2) is 37.6 Å². The van der Waals surface area contributed by atoms with Gasteiger partial charge in [0.25, 0.3) is 0 Å². The maximum absolute atomic E-state index is 2.44. The van der Waals surface area contributed by atoms with E-state index in [9.17, 15) is 0 Å². The van der Waals surface area contributed by atoms with Gasteiger partial charge in [0.1, 0.15) is 0 Å². The van der Waals surface area contributed by atoms with Crippen LogP contribution in [0, 0.1) is 0 Å². The molecule has 1 aliphatic carbocycles. The number of fused-ring (bicyclic) bond motifs is 3. The molecule has 2 bridgehead atoms. The number of allylic oxidation sites excluding steroid dienone is 3. The number of hydrogen-bond acceptors (Lipinski definition) is 2. The summed E-state index contributed by atoms with van der Waals surface area (Å²) in [5, 5.41) is 0. The molecule has 2 fully saturated rings. The average molecular weight is 506 g/mol. The Balaban J connectivity index is 1.89. The van der Waals surface area contributed by atoms with Crippen LogP contribution in [0.5, 0.6) is 0 Å². The Labute approximate surface area is 127 Å². The summed E-state index contributed by atoms with van der Waals surface area (Å²) >= 11 is 7.36. The third kappa shape index (κ3) is 1.71. The van der Waals surface area contributed by atoms with E-state index < -0.39 is 0 Å². The van der Waals surface area contributed by atoms with Crippen LogP contribution < -0.4 is 0 Å². The Kier molecular flexibility index (Phi) is 3.39. The van der Waals surface area contributed by atoms with Gasteiger partial charge in [-0.3, -0.25) is 0 Å². The van der Waals surface area contributed by atoms with Crippen LogP contribution in [-0.4, -0.2) is 67.7 Å². The van der Waals surface area contributed by atoms with Crippen molar-refractivity contribution in [2.24, 2.45) is 0 Å². The summed E-state index contributed by atoms with van der Waals surface area (Å²) in [6, 6.07) is 0. The van der Waals surface area contributed by atoms with E-state index in [4.69, 9.17) is 0 Å². The van der Waals surface area contributed by atoms with Crippen molar-refractivity contribution in [2.45, 2.75) is 0 Å². The predicted octanol–water partition coefficient (Wildman–Crippen LogP) is 1.34. The molecule has 3 heterocycles. The monoisotopic (exact) mass is 510 g/mol. The van der Waals surface area contributed by atoms with Crippen LogP contribution >= 0.6 is 23.5 Å². The van der Waals surface area contributed by atoms with Crippen molar-refractivity contribution < 1.29 is 0 Å². The van der Waals surface area contributed by atoms with Gasteiger partial charge in [0, 0.05) is 0 Å². The molecule has 0 unspecified atom stereocenters. The average Bonchev–Trinajstić information content (AvgIpc) is 3.03. The Hall–Kier alpha value is 1.74. The summed E-state index contributed by atoms with van der Waals surface area (Å²) < 4.78 is 5.51. The minimum absolute atomic E-state index is 0.701. The Morgan fingerprint density at radius 2 is 1.44 bits per heavy atom. The van der Waals surface area contributed by atoms with Crippen LogP contribution in [0.25, 0.3) is 0 Å². The first-order valence-electron chi connectivity index (χ1n) is 4.77. The second kappa shape index (κ2) is 4.69. The first-order chi connectivity index (χ1) is 7.95. The van der Waals surface area contributed by atoms with E-state index in [0.717, 1.165) is 26.3 Å². The third-order valence-electron chi connectivity index (χ3n) is 2.47. The normalized spacial score (nSPS) is 27.5. The quantitative estimate of drug-likeness (QED) is 0.456. The van der Waals surface area contributed by atoms with E-state index in [1.54, 1.807) is 15.4 Å². The molecule has 0 atom stereocenters. The molecule has 3 aliphatic heterocycles. The van der Waals surface area contributed by atoms with Crippen LogP contribution in [-0.2, 0) is 0 Å². The third-order valence-corrected chi connectivity index (χ3v) is 18.6. The van der Waals surface area contributed by atoms with E-state index in [1.807, 2.05) is 12.3 Å². The summed E-state index contributed by atoms with van der Waals surface area (Å²) in [6.45, 7) is 0. The molecule has 4 aliphatic rings. The van der Waals surface area contributed by atoms with E-state index in [0.29, 0.717) is 29.9 Å². The van der Waals surface area contributed by atoms with Crippen molar-refractivity contribution in [2.75, 3.05) is 11.5 Å². The molecular formula is C10H6S2Se4. The van der Waals surface area contributed by atoms with E-state index in [1.165, 1.54) is 11.5 Å². The zero-order valence-corrected chi connectivity index (χ0v) is 16.5. The molecule has 0 amide bonds. The van der Waals surface area contributed by atoms with E-state index >= 15 is 0 Å². The summed E-state index contributed by atoms with van der Waals surface area (Å²) in [4.78, 5) is 8.32. The molecule has 0 aromatic heterocycles. The zero-order chi connectivity index (χ0) is 10.5. The molecule has 0 N–H and O–H groups in total. The fourth-order valence-electron chi connectivity index (χ4n) is 1.84. The van der Waals surface area contributed by atoms with E-state index in [2.05, 4.69) is 33.5 Å². The molecule has 16 heavy (non-hydrogen) atoms. The number of thioether (sulfide) groups is 2. The molecule has 0 aromatic rings. The van der Waals surface area contributed by atoms with Gasteiger partial charge in [-0.05, 0) is 0 Å². The van der Waals surface area contributed by atoms with Crippen LogP contribution in [0.3, 0.4) is 0 Å². The molecular weight excluding hydrogens is 500 g/mol. The van der Waals surface area contributed by atoms with E-state index in [-0.39, 0.29) is 0 Å². The minimum atomic E-state index is 0.701. The van der Waals surface area contributed by atoms with Gasteiger partial charge >= 0.3 is 129 Å². The molecule has 82 valence electrons. The molecule has 0 spiro atoms. The van der Waals surface area contributed by atoms with Gasteiger partial charge in [0.2, 0.25) is 0 Å². The fourth-order valence-corrected chi connectivity index (χ4v) is 21.5. The zero-order valence-electron chi connectivity index (χ0n) is 8.02. The van der Waals surface area contributed by atoms with Gasteiger partial charge in [-0.25, -0.2) is 0 Å². The molecule has 4 rings (SSSR count). The fraction of sp³-hybridized carbons (Fsp3) is 0.200. The Morgan fingerprint density at radius 1 is 0.875 bits per heavy atom. The molecule has 2 saturated heterocycles. The van der Waals surface area contributed by atoms with Gasteiger partial charge in [0.05, 0.1) is 0 Å². The van der Waals surface area contributed by atoms with Crippen molar-refractivity contribution in [3.05, 3.63) is 37.6 Å². The van der Waals surface area contributed by atoms with Gasteiger partial charge in [-0.2, -0.15) is 0 Å². The van der Waals surface area contributed by atoms with Crippen molar-refractivity contribution in [1.29, 1.82) is 0 Å². The maximum atomic E-state index is 2.44. The van der Waals surface area contributed by atoms with Gasteiger partial charge in [-0.1, -0.05) is 0 Å². The van der Waals surface area contributed by atoms with Crippen molar-refractivity contribution in [3.8, 4) is 0 Å².